The summed E-state index contributed by atoms with van der Waals surface area (Å²) in [7, 11) is 0. The van der Waals surface area contributed by atoms with Crippen molar-refractivity contribution in [2.75, 3.05) is 31.1 Å². The van der Waals surface area contributed by atoms with Crippen molar-refractivity contribution in [1.29, 1.82) is 0 Å². The van der Waals surface area contributed by atoms with E-state index in [-0.39, 0.29) is 5.91 Å². The zero-order valence-corrected chi connectivity index (χ0v) is 13.4. The van der Waals surface area contributed by atoms with Gasteiger partial charge in [-0.3, -0.25) is 4.79 Å². The number of carbonyl (C=O) groups excluding carboxylic acids is 1. The van der Waals surface area contributed by atoms with Crippen molar-refractivity contribution in [2.45, 2.75) is 6.92 Å². The maximum absolute atomic E-state index is 12.5. The Labute approximate surface area is 136 Å². The smallest absolute Gasteiger partial charge is 0.253 e. The standard InChI is InChI=1S/C18H19ClN2O/c1-14-3-2-4-17(13-14)20-9-11-21(12-10-20)18(22)15-5-7-16(19)8-6-15/h2-8,13H,9-12H2,1H3. The van der Waals surface area contributed by atoms with Gasteiger partial charge in [-0.2, -0.15) is 0 Å². The van der Waals surface area contributed by atoms with E-state index in [1.807, 2.05) is 4.90 Å². The lowest BCUT2D eigenvalue weighted by Crippen LogP contribution is -2.48. The first-order valence-corrected chi connectivity index (χ1v) is 7.88. The summed E-state index contributed by atoms with van der Waals surface area (Å²) in [5, 5.41) is 0.654. The molecule has 1 aliphatic rings. The topological polar surface area (TPSA) is 23.6 Å². The van der Waals surface area contributed by atoms with Crippen LogP contribution < -0.4 is 4.90 Å². The van der Waals surface area contributed by atoms with Crippen LogP contribution in [0.2, 0.25) is 5.02 Å². The van der Waals surface area contributed by atoms with E-state index in [2.05, 4.69) is 36.1 Å². The van der Waals surface area contributed by atoms with Crippen molar-refractivity contribution >= 4 is 23.2 Å². The lowest BCUT2D eigenvalue weighted by Gasteiger charge is -2.36. The third-order valence-electron chi connectivity index (χ3n) is 4.02. The Hall–Kier alpha value is -2.00. The van der Waals surface area contributed by atoms with Crippen molar-refractivity contribution in [3.63, 3.8) is 0 Å². The number of hydrogen-bond donors (Lipinski definition) is 0. The molecule has 2 aromatic rings. The molecule has 0 atom stereocenters. The maximum Gasteiger partial charge on any atom is 0.253 e. The summed E-state index contributed by atoms with van der Waals surface area (Å²) >= 11 is 5.87. The molecule has 0 aromatic heterocycles. The first kappa shape index (κ1) is 14.9. The molecule has 1 amide bonds. The second kappa shape index (κ2) is 6.41. The van der Waals surface area contributed by atoms with Crippen LogP contribution >= 0.6 is 11.6 Å². The van der Waals surface area contributed by atoms with Crippen LogP contribution in [0.4, 0.5) is 5.69 Å². The molecular weight excluding hydrogens is 296 g/mol. The fourth-order valence-corrected chi connectivity index (χ4v) is 2.89. The van der Waals surface area contributed by atoms with E-state index >= 15 is 0 Å². The first-order chi connectivity index (χ1) is 10.6. The van der Waals surface area contributed by atoms with Gasteiger partial charge in [0.1, 0.15) is 0 Å². The summed E-state index contributed by atoms with van der Waals surface area (Å²) in [4.78, 5) is 16.7. The Bertz CT molecular complexity index is 661. The fourth-order valence-electron chi connectivity index (χ4n) is 2.77. The highest BCUT2D eigenvalue weighted by molar-refractivity contribution is 6.30. The lowest BCUT2D eigenvalue weighted by atomic mass is 10.1. The lowest BCUT2D eigenvalue weighted by molar-refractivity contribution is 0.0747. The van der Waals surface area contributed by atoms with Crippen molar-refractivity contribution in [3.8, 4) is 0 Å². The molecule has 0 aliphatic carbocycles. The van der Waals surface area contributed by atoms with Gasteiger partial charge in [-0.1, -0.05) is 23.7 Å². The van der Waals surface area contributed by atoms with Gasteiger partial charge < -0.3 is 9.80 Å². The van der Waals surface area contributed by atoms with Crippen LogP contribution in [0.3, 0.4) is 0 Å². The molecule has 1 aliphatic heterocycles. The Balaban J connectivity index is 1.64. The van der Waals surface area contributed by atoms with E-state index in [0.717, 1.165) is 26.2 Å². The minimum absolute atomic E-state index is 0.0839. The molecule has 3 nitrogen and oxygen atoms in total. The normalized spacial score (nSPS) is 15.0. The maximum atomic E-state index is 12.5. The molecule has 3 rings (SSSR count). The molecule has 0 unspecified atom stereocenters. The van der Waals surface area contributed by atoms with Crippen LogP contribution in [0.25, 0.3) is 0 Å². The summed E-state index contributed by atoms with van der Waals surface area (Å²) in [6.45, 7) is 5.32. The second-order valence-electron chi connectivity index (χ2n) is 5.63. The van der Waals surface area contributed by atoms with Gasteiger partial charge >= 0.3 is 0 Å². The van der Waals surface area contributed by atoms with Crippen molar-refractivity contribution in [1.82, 2.24) is 4.90 Å². The number of rotatable bonds is 2. The average molecular weight is 315 g/mol. The van der Waals surface area contributed by atoms with Crippen LogP contribution in [-0.2, 0) is 0 Å². The van der Waals surface area contributed by atoms with E-state index in [0.29, 0.717) is 10.6 Å². The van der Waals surface area contributed by atoms with Gasteiger partial charge in [-0.25, -0.2) is 0 Å². The number of nitrogens with zero attached hydrogens (tertiary/aromatic N) is 2. The van der Waals surface area contributed by atoms with Gasteiger partial charge in [0.15, 0.2) is 0 Å². The number of benzene rings is 2. The summed E-state index contributed by atoms with van der Waals surface area (Å²) in [5.41, 5.74) is 3.20. The zero-order chi connectivity index (χ0) is 15.5. The van der Waals surface area contributed by atoms with E-state index in [4.69, 9.17) is 11.6 Å². The summed E-state index contributed by atoms with van der Waals surface area (Å²) in [6, 6.07) is 15.6. The summed E-state index contributed by atoms with van der Waals surface area (Å²) in [6.07, 6.45) is 0. The number of anilines is 1. The quantitative estimate of drug-likeness (QED) is 0.845. The van der Waals surface area contributed by atoms with Crippen LogP contribution in [0, 0.1) is 6.92 Å². The number of carbonyl (C=O) groups is 1. The number of piperazine rings is 1. The summed E-state index contributed by atoms with van der Waals surface area (Å²) < 4.78 is 0. The molecule has 1 fully saturated rings. The SMILES string of the molecule is Cc1cccc(N2CCN(C(=O)c3ccc(Cl)cc3)CC2)c1. The second-order valence-corrected chi connectivity index (χ2v) is 6.06. The molecule has 1 heterocycles. The minimum Gasteiger partial charge on any atom is -0.368 e. The molecule has 0 saturated carbocycles. The Morgan fingerprint density at radius 2 is 1.68 bits per heavy atom. The van der Waals surface area contributed by atoms with Crippen LogP contribution in [0.15, 0.2) is 48.5 Å². The van der Waals surface area contributed by atoms with E-state index < -0.39 is 0 Å². The zero-order valence-electron chi connectivity index (χ0n) is 12.6. The van der Waals surface area contributed by atoms with Crippen molar-refractivity contribution in [3.05, 3.63) is 64.7 Å². The number of aryl methyl sites for hydroxylation is 1. The largest absolute Gasteiger partial charge is 0.368 e. The molecule has 22 heavy (non-hydrogen) atoms. The van der Waals surface area contributed by atoms with Gasteiger partial charge in [-0.15, -0.1) is 0 Å². The molecule has 1 saturated heterocycles. The van der Waals surface area contributed by atoms with Gasteiger partial charge in [-0.05, 0) is 48.9 Å². The highest BCUT2D eigenvalue weighted by Crippen LogP contribution is 2.19. The minimum atomic E-state index is 0.0839. The van der Waals surface area contributed by atoms with Gasteiger partial charge in [0, 0.05) is 42.5 Å². The molecular formula is C18H19ClN2O. The predicted octanol–water partition coefficient (Wildman–Crippen LogP) is 3.61. The Kier molecular flexibility index (Phi) is 4.34. The van der Waals surface area contributed by atoms with Crippen molar-refractivity contribution < 1.29 is 4.79 Å². The molecule has 0 N–H and O–H groups in total. The molecule has 4 heteroatoms. The van der Waals surface area contributed by atoms with Gasteiger partial charge in [0.2, 0.25) is 0 Å². The first-order valence-electron chi connectivity index (χ1n) is 7.50. The van der Waals surface area contributed by atoms with Crippen LogP contribution in [0.1, 0.15) is 15.9 Å². The number of hydrogen-bond acceptors (Lipinski definition) is 2. The average Bonchev–Trinajstić information content (AvgIpc) is 2.55. The van der Waals surface area contributed by atoms with E-state index in [1.54, 1.807) is 24.3 Å². The molecule has 114 valence electrons. The van der Waals surface area contributed by atoms with E-state index in [1.165, 1.54) is 11.3 Å². The van der Waals surface area contributed by atoms with Gasteiger partial charge in [0.25, 0.3) is 5.91 Å². The Morgan fingerprint density at radius 3 is 2.32 bits per heavy atom. The van der Waals surface area contributed by atoms with Crippen LogP contribution in [0.5, 0.6) is 0 Å². The summed E-state index contributed by atoms with van der Waals surface area (Å²) in [5.74, 6) is 0.0839. The third kappa shape index (κ3) is 3.25. The third-order valence-corrected chi connectivity index (χ3v) is 4.28. The molecule has 0 bridgehead atoms. The molecule has 2 aromatic carbocycles. The number of halogens is 1. The highest BCUT2D eigenvalue weighted by atomic mass is 35.5. The highest BCUT2D eigenvalue weighted by Gasteiger charge is 2.22. The van der Waals surface area contributed by atoms with Crippen molar-refractivity contribution in [2.24, 2.45) is 0 Å². The number of amides is 1. The van der Waals surface area contributed by atoms with Gasteiger partial charge in [0.05, 0.1) is 0 Å². The van der Waals surface area contributed by atoms with Crippen LogP contribution in [-0.4, -0.2) is 37.0 Å². The fraction of sp³-hybridized carbons (Fsp3) is 0.278. The Morgan fingerprint density at radius 1 is 1.00 bits per heavy atom. The van der Waals surface area contributed by atoms with E-state index in [9.17, 15) is 4.79 Å². The monoisotopic (exact) mass is 314 g/mol. The predicted molar refractivity (Wildman–Crippen MR) is 90.7 cm³/mol. The molecule has 0 spiro atoms. The molecule has 0 radical (unpaired) electrons.